The Balaban J connectivity index is 1.42. The van der Waals surface area contributed by atoms with E-state index in [1.54, 1.807) is 19.2 Å². The first-order valence-electron chi connectivity index (χ1n) is 12.9. The molecule has 4 aliphatic rings. The number of alkyl halides is 1. The second-order valence-corrected chi connectivity index (χ2v) is 11.6. The van der Waals surface area contributed by atoms with Gasteiger partial charge in [-0.3, -0.25) is 14.7 Å². The number of amidine groups is 1. The summed E-state index contributed by atoms with van der Waals surface area (Å²) in [6.07, 6.45) is 1.79. The van der Waals surface area contributed by atoms with Crippen LogP contribution in [0.5, 0.6) is 0 Å². The topological polar surface area (TPSA) is 113 Å². The van der Waals surface area contributed by atoms with Crippen LogP contribution >= 0.6 is 22.9 Å². The monoisotopic (exact) mass is 574 g/mol. The second kappa shape index (κ2) is 10.3. The quantitative estimate of drug-likeness (QED) is 0.460. The maximum Gasteiger partial charge on any atom is 0.338 e. The van der Waals surface area contributed by atoms with Gasteiger partial charge in [0.1, 0.15) is 11.7 Å². The molecular weight excluding hydrogens is 547 g/mol. The molecule has 3 fully saturated rings. The molecule has 39 heavy (non-hydrogen) atoms. The molecule has 0 spiro atoms. The van der Waals surface area contributed by atoms with Gasteiger partial charge in [0.05, 0.1) is 31.4 Å². The number of rotatable bonds is 8. The van der Waals surface area contributed by atoms with Crippen LogP contribution < -0.4 is 5.32 Å². The van der Waals surface area contributed by atoms with E-state index >= 15 is 4.39 Å². The Hall–Kier alpha value is -2.86. The summed E-state index contributed by atoms with van der Waals surface area (Å²) in [5, 5.41) is 15.6. The first-order chi connectivity index (χ1) is 18.8. The summed E-state index contributed by atoms with van der Waals surface area (Å²) in [6.45, 7) is 2.61. The van der Waals surface area contributed by atoms with Crippen LogP contribution in [0.1, 0.15) is 36.4 Å². The van der Waals surface area contributed by atoms with Crippen molar-refractivity contribution in [2.24, 2.45) is 16.8 Å². The van der Waals surface area contributed by atoms with E-state index in [9.17, 15) is 14.7 Å². The van der Waals surface area contributed by atoms with Gasteiger partial charge >= 0.3 is 11.9 Å². The fourth-order valence-corrected chi connectivity index (χ4v) is 7.54. The Bertz CT molecular complexity index is 1350. The summed E-state index contributed by atoms with van der Waals surface area (Å²) >= 11 is 8.00. The average molecular weight is 575 g/mol. The second-order valence-electron chi connectivity index (χ2n) is 10.3. The summed E-state index contributed by atoms with van der Waals surface area (Å²) in [7, 11) is 0. The van der Waals surface area contributed by atoms with Crippen LogP contribution in [0.4, 0.5) is 4.39 Å². The molecule has 1 aromatic heterocycles. The Morgan fingerprint density at radius 3 is 2.90 bits per heavy atom. The third-order valence-electron chi connectivity index (χ3n) is 8.23. The van der Waals surface area contributed by atoms with Crippen molar-refractivity contribution in [3.8, 4) is 0 Å². The van der Waals surface area contributed by atoms with Gasteiger partial charge in [-0.05, 0) is 25.3 Å². The largest absolute Gasteiger partial charge is 0.481 e. The Morgan fingerprint density at radius 2 is 2.18 bits per heavy atom. The van der Waals surface area contributed by atoms with Crippen molar-refractivity contribution in [1.29, 1.82) is 0 Å². The van der Waals surface area contributed by atoms with Crippen LogP contribution in [-0.4, -0.2) is 76.9 Å². The van der Waals surface area contributed by atoms with Gasteiger partial charge in [0.15, 0.2) is 10.8 Å². The van der Waals surface area contributed by atoms with Gasteiger partial charge in [0.2, 0.25) is 0 Å². The number of aromatic nitrogens is 1. The van der Waals surface area contributed by atoms with Gasteiger partial charge in [-0.15, -0.1) is 11.3 Å². The predicted octanol–water partition coefficient (Wildman–Crippen LogP) is 3.61. The molecule has 2 N–H and O–H groups in total. The predicted molar refractivity (Wildman–Crippen MR) is 142 cm³/mol. The van der Waals surface area contributed by atoms with E-state index in [0.717, 1.165) is 0 Å². The number of hydrogen-bond donors (Lipinski definition) is 2. The molecule has 206 valence electrons. The number of fused-ring (bicyclic) bond motifs is 5. The molecule has 9 nitrogen and oxygen atoms in total. The zero-order valence-corrected chi connectivity index (χ0v) is 22.8. The highest BCUT2D eigenvalue weighted by molar-refractivity contribution is 7.11. The number of morpholine rings is 1. The van der Waals surface area contributed by atoms with Crippen LogP contribution in [0.3, 0.4) is 0 Å². The summed E-state index contributed by atoms with van der Waals surface area (Å²) in [4.78, 5) is 36.2. The fraction of sp³-hybridized carbons (Fsp3) is 0.481. The maximum absolute atomic E-state index is 16.3. The summed E-state index contributed by atoms with van der Waals surface area (Å²) in [5.74, 6) is -1.67. The highest BCUT2D eigenvalue weighted by Gasteiger charge is 2.70. The number of thiazole rings is 1. The summed E-state index contributed by atoms with van der Waals surface area (Å²) in [6, 6.07) is 5.58. The third-order valence-corrected chi connectivity index (χ3v) is 9.35. The number of ether oxygens (including phenoxy) is 2. The number of carboxylic acids is 1. The molecular formula is C27H28ClFN4O5S. The van der Waals surface area contributed by atoms with Crippen LogP contribution in [0, 0.1) is 11.8 Å². The molecule has 6 atom stereocenters. The van der Waals surface area contributed by atoms with Crippen molar-refractivity contribution in [3.63, 3.8) is 0 Å². The third kappa shape index (κ3) is 4.45. The van der Waals surface area contributed by atoms with Gasteiger partial charge in [-0.2, -0.15) is 0 Å². The fourth-order valence-electron chi connectivity index (χ4n) is 6.71. The normalized spacial score (nSPS) is 31.7. The minimum atomic E-state index is -1.53. The molecule has 0 radical (unpaired) electrons. The Morgan fingerprint density at radius 1 is 1.36 bits per heavy atom. The minimum Gasteiger partial charge on any atom is -0.481 e. The molecule has 12 heteroatoms. The zero-order valence-electron chi connectivity index (χ0n) is 21.2. The lowest BCUT2D eigenvalue weighted by molar-refractivity contribution is -0.143. The number of esters is 1. The van der Waals surface area contributed by atoms with Gasteiger partial charge in [-0.25, -0.2) is 14.2 Å². The van der Waals surface area contributed by atoms with E-state index in [2.05, 4.69) is 10.3 Å². The lowest BCUT2D eigenvalue weighted by Gasteiger charge is -2.47. The number of carbonyl (C=O) groups excluding carboxylic acids is 1. The number of aliphatic carboxylic acids is 1. The molecule has 1 aliphatic carbocycles. The minimum absolute atomic E-state index is 0.0716. The average Bonchev–Trinajstić information content (AvgIpc) is 3.46. The molecule has 1 unspecified atom stereocenters. The van der Waals surface area contributed by atoms with Crippen molar-refractivity contribution in [2.45, 2.75) is 43.6 Å². The van der Waals surface area contributed by atoms with Crippen molar-refractivity contribution in [3.05, 3.63) is 62.7 Å². The van der Waals surface area contributed by atoms with E-state index in [0.29, 0.717) is 39.3 Å². The number of hydrogen-bond acceptors (Lipinski definition) is 9. The highest BCUT2D eigenvalue weighted by atomic mass is 35.5. The summed E-state index contributed by atoms with van der Waals surface area (Å²) in [5.41, 5.74) is -0.0490. The van der Waals surface area contributed by atoms with E-state index in [1.807, 2.05) is 28.5 Å². The number of nitrogens with zero attached hydrogens (tertiary/aromatic N) is 3. The van der Waals surface area contributed by atoms with Crippen molar-refractivity contribution in [2.75, 3.05) is 26.4 Å². The molecule has 6 rings (SSSR count). The highest BCUT2D eigenvalue weighted by Crippen LogP contribution is 2.60. The van der Waals surface area contributed by atoms with Crippen molar-refractivity contribution >= 4 is 40.7 Å². The Kier molecular flexibility index (Phi) is 6.95. The first-order valence-corrected chi connectivity index (χ1v) is 14.2. The van der Waals surface area contributed by atoms with E-state index in [4.69, 9.17) is 26.1 Å². The molecule has 0 amide bonds. The zero-order chi connectivity index (χ0) is 27.3. The summed E-state index contributed by atoms with van der Waals surface area (Å²) < 4.78 is 27.6. The van der Waals surface area contributed by atoms with E-state index < -0.39 is 35.6 Å². The van der Waals surface area contributed by atoms with Crippen LogP contribution in [0.25, 0.3) is 0 Å². The molecule has 4 heterocycles. The number of nitrogens with one attached hydrogen (secondary N) is 1. The molecule has 1 aromatic carbocycles. The lowest BCUT2D eigenvalue weighted by Crippen LogP contribution is -2.56. The van der Waals surface area contributed by atoms with E-state index in [-0.39, 0.29) is 44.6 Å². The van der Waals surface area contributed by atoms with Crippen molar-refractivity contribution in [1.82, 2.24) is 15.2 Å². The first kappa shape index (κ1) is 26.4. The number of carboxylic acid groups (broad SMARTS) is 1. The molecule has 2 saturated heterocycles. The number of halogens is 2. The molecule has 2 aromatic rings. The number of carbonyl (C=O) groups is 2. The SMILES string of the molecule is CCOC(=O)C1=C(CN2[C@@H]3COC[C@H]2C2(F)C[C@@H](CC(=O)O)[C@@H]32)NC(c2nccs2)=N[C@H]1c1ccccc1Cl. The smallest absolute Gasteiger partial charge is 0.338 e. The number of aliphatic imine (C=N–C) groups is 1. The van der Waals surface area contributed by atoms with Gasteiger partial charge < -0.3 is 19.9 Å². The van der Waals surface area contributed by atoms with Crippen LogP contribution in [-0.2, 0) is 19.1 Å². The van der Waals surface area contributed by atoms with Crippen LogP contribution in [0.15, 0.2) is 52.1 Å². The lowest BCUT2D eigenvalue weighted by atomic mass is 9.59. The van der Waals surface area contributed by atoms with Gasteiger partial charge in [-0.1, -0.05) is 29.8 Å². The van der Waals surface area contributed by atoms with Crippen LogP contribution in [0.2, 0.25) is 5.02 Å². The van der Waals surface area contributed by atoms with Crippen molar-refractivity contribution < 1.29 is 28.6 Å². The maximum atomic E-state index is 16.3. The molecule has 3 aliphatic heterocycles. The van der Waals surface area contributed by atoms with Gasteiger partial charge in [0.25, 0.3) is 0 Å². The van der Waals surface area contributed by atoms with Gasteiger partial charge in [0, 0.05) is 52.8 Å². The van der Waals surface area contributed by atoms with E-state index in [1.165, 1.54) is 11.3 Å². The standard InChI is InChI=1S/C27H28ClFN4O5S/c1-2-38-26(36)21-17(11-33-18-12-37-13-19(33)27(29)10-14(22(18)27)9-20(34)35)31-24(25-30-7-8-39-25)32-23(21)15-5-3-4-6-16(15)28/h3-8,14,18-19,22-23H,2,9-13H2,1H3,(H,31,32)(H,34,35)/t14-,18-,19+,22+,23+,27?/m1/s1. The molecule has 2 bridgehead atoms. The molecule has 1 saturated carbocycles. The number of benzene rings is 1. The Labute approximate surface area is 233 Å².